The van der Waals surface area contributed by atoms with Crippen LogP contribution in [0.25, 0.3) is 0 Å². The van der Waals surface area contributed by atoms with Crippen LogP contribution in [-0.2, 0) is 21.5 Å². The van der Waals surface area contributed by atoms with Gasteiger partial charge in [-0.1, -0.05) is 0 Å². The number of amides is 1. The largest absolute Gasteiger partial charge is 0.450 e. The highest BCUT2D eigenvalue weighted by atomic mass is 32.2. The predicted octanol–water partition coefficient (Wildman–Crippen LogP) is 0.884. The maximum atomic E-state index is 13.0. The molecule has 134 valence electrons. The molecule has 2 aliphatic heterocycles. The number of hydrogen-bond acceptors (Lipinski definition) is 4. The van der Waals surface area contributed by atoms with Gasteiger partial charge in [0.15, 0.2) is 0 Å². The maximum absolute atomic E-state index is 13.0. The molecule has 1 atom stereocenters. The third-order valence-electron chi connectivity index (χ3n) is 4.67. The molecule has 0 N–H and O–H groups in total. The highest BCUT2D eigenvalue weighted by molar-refractivity contribution is 7.86. The van der Waals surface area contributed by atoms with Crippen LogP contribution < -0.4 is 0 Å². The summed E-state index contributed by atoms with van der Waals surface area (Å²) in [5, 5.41) is 0. The molecule has 1 fully saturated rings. The SMILES string of the molecule is CCOC(=O)N1CCN(S(=O)(=O)N2CCn3cccc3[C@@H]2C)CC1. The minimum atomic E-state index is -3.54. The first kappa shape index (κ1) is 17.2. The standard InChI is InChI=1S/C15H24N4O4S/c1-3-23-15(20)17-7-10-18(11-8-17)24(21,22)19-12-9-16-6-4-5-14(16)13(19)2/h4-6,13H,3,7-12H2,1-2H3/t13-/m0/s1. The van der Waals surface area contributed by atoms with E-state index < -0.39 is 10.2 Å². The zero-order valence-electron chi connectivity index (χ0n) is 14.1. The summed E-state index contributed by atoms with van der Waals surface area (Å²) in [6.45, 7) is 6.42. The first-order valence-corrected chi connectivity index (χ1v) is 9.68. The fraction of sp³-hybridized carbons (Fsp3) is 0.667. The Hall–Kier alpha value is -1.58. The first-order valence-electron chi connectivity index (χ1n) is 8.28. The molecule has 0 aromatic carbocycles. The van der Waals surface area contributed by atoms with Crippen molar-refractivity contribution >= 4 is 16.3 Å². The molecule has 9 heteroatoms. The van der Waals surface area contributed by atoms with Crippen LogP contribution in [0.1, 0.15) is 25.6 Å². The van der Waals surface area contributed by atoms with E-state index in [1.165, 1.54) is 4.31 Å². The zero-order valence-corrected chi connectivity index (χ0v) is 14.9. The van der Waals surface area contributed by atoms with Gasteiger partial charge in [-0.2, -0.15) is 17.0 Å². The Kier molecular flexibility index (Phi) is 4.84. The molecule has 1 aromatic rings. The van der Waals surface area contributed by atoms with Crippen molar-refractivity contribution in [3.8, 4) is 0 Å². The van der Waals surface area contributed by atoms with Gasteiger partial charge in [0.1, 0.15) is 0 Å². The zero-order chi connectivity index (χ0) is 17.3. The molecule has 8 nitrogen and oxygen atoms in total. The third kappa shape index (κ3) is 3.03. The highest BCUT2D eigenvalue weighted by Crippen LogP contribution is 2.29. The van der Waals surface area contributed by atoms with Gasteiger partial charge in [-0.05, 0) is 26.0 Å². The quantitative estimate of drug-likeness (QED) is 0.806. The van der Waals surface area contributed by atoms with E-state index in [1.807, 2.05) is 25.3 Å². The average molecular weight is 356 g/mol. The van der Waals surface area contributed by atoms with Gasteiger partial charge in [-0.25, -0.2) is 4.79 Å². The van der Waals surface area contributed by atoms with Gasteiger partial charge in [0.2, 0.25) is 0 Å². The van der Waals surface area contributed by atoms with E-state index in [4.69, 9.17) is 4.74 Å². The molecule has 0 bridgehead atoms. The molecular weight excluding hydrogens is 332 g/mol. The fourth-order valence-electron chi connectivity index (χ4n) is 3.34. The van der Waals surface area contributed by atoms with Crippen LogP contribution in [0.15, 0.2) is 18.3 Å². The minimum Gasteiger partial charge on any atom is -0.450 e. The lowest BCUT2D eigenvalue weighted by Crippen LogP contribution is -2.55. The number of carbonyl (C=O) groups excluding carboxylic acids is 1. The second-order valence-corrected chi connectivity index (χ2v) is 7.89. The number of hydrogen-bond donors (Lipinski definition) is 0. The van der Waals surface area contributed by atoms with Gasteiger partial charge in [0.25, 0.3) is 10.2 Å². The van der Waals surface area contributed by atoms with Crippen molar-refractivity contribution in [3.05, 3.63) is 24.0 Å². The third-order valence-corrected chi connectivity index (χ3v) is 6.78. The summed E-state index contributed by atoms with van der Waals surface area (Å²) in [7, 11) is -3.54. The second kappa shape index (κ2) is 6.73. The topological polar surface area (TPSA) is 75.1 Å². The van der Waals surface area contributed by atoms with Crippen LogP contribution in [0.4, 0.5) is 4.79 Å². The number of carbonyl (C=O) groups is 1. The van der Waals surface area contributed by atoms with Gasteiger partial charge in [0, 0.05) is 51.2 Å². The van der Waals surface area contributed by atoms with Crippen LogP contribution in [0.2, 0.25) is 0 Å². The Bertz CT molecular complexity index is 694. The lowest BCUT2D eigenvalue weighted by molar-refractivity contribution is 0.0918. The molecule has 1 saturated heterocycles. The Morgan fingerprint density at radius 2 is 1.92 bits per heavy atom. The minimum absolute atomic E-state index is 0.193. The van der Waals surface area contributed by atoms with E-state index >= 15 is 0 Å². The average Bonchev–Trinajstić information content (AvgIpc) is 3.05. The normalized spacial score (nSPS) is 23.1. The lowest BCUT2D eigenvalue weighted by Gasteiger charge is -2.40. The van der Waals surface area contributed by atoms with E-state index in [-0.39, 0.29) is 12.1 Å². The van der Waals surface area contributed by atoms with E-state index in [0.29, 0.717) is 45.9 Å². The number of fused-ring (bicyclic) bond motifs is 1. The van der Waals surface area contributed by atoms with Gasteiger partial charge in [-0.3, -0.25) is 0 Å². The molecule has 0 saturated carbocycles. The van der Waals surface area contributed by atoms with Crippen LogP contribution in [0, 0.1) is 0 Å². The molecule has 3 heterocycles. The summed E-state index contributed by atoms with van der Waals surface area (Å²) in [6.07, 6.45) is 1.60. The number of piperazine rings is 1. The molecule has 0 unspecified atom stereocenters. The van der Waals surface area contributed by atoms with Crippen molar-refractivity contribution < 1.29 is 17.9 Å². The van der Waals surface area contributed by atoms with Crippen LogP contribution in [-0.4, -0.2) is 71.9 Å². The van der Waals surface area contributed by atoms with E-state index in [0.717, 1.165) is 5.69 Å². The van der Waals surface area contributed by atoms with Crippen molar-refractivity contribution in [2.24, 2.45) is 0 Å². The van der Waals surface area contributed by atoms with Crippen molar-refractivity contribution in [1.29, 1.82) is 0 Å². The highest BCUT2D eigenvalue weighted by Gasteiger charge is 2.38. The Labute approximate surface area is 142 Å². The molecular formula is C15H24N4O4S. The van der Waals surface area contributed by atoms with E-state index in [9.17, 15) is 13.2 Å². The van der Waals surface area contributed by atoms with E-state index in [2.05, 4.69) is 4.57 Å². The summed E-state index contributed by atoms with van der Waals surface area (Å²) in [4.78, 5) is 13.3. The predicted molar refractivity (Wildman–Crippen MR) is 88.6 cm³/mol. The maximum Gasteiger partial charge on any atom is 0.409 e. The summed E-state index contributed by atoms with van der Waals surface area (Å²) in [6, 6.07) is 3.72. The number of aromatic nitrogens is 1. The van der Waals surface area contributed by atoms with Crippen LogP contribution >= 0.6 is 0 Å². The Morgan fingerprint density at radius 3 is 2.58 bits per heavy atom. The summed E-state index contributed by atoms with van der Waals surface area (Å²) in [5.41, 5.74) is 1.01. The van der Waals surface area contributed by atoms with Gasteiger partial charge < -0.3 is 14.2 Å². The van der Waals surface area contributed by atoms with Crippen molar-refractivity contribution in [3.63, 3.8) is 0 Å². The molecule has 1 aromatic heterocycles. The lowest BCUT2D eigenvalue weighted by atomic mass is 10.2. The molecule has 3 rings (SSSR count). The van der Waals surface area contributed by atoms with Gasteiger partial charge in [-0.15, -0.1) is 0 Å². The molecule has 2 aliphatic rings. The van der Waals surface area contributed by atoms with E-state index in [1.54, 1.807) is 16.1 Å². The first-order chi connectivity index (χ1) is 11.4. The molecule has 0 spiro atoms. The molecule has 0 aliphatic carbocycles. The summed E-state index contributed by atoms with van der Waals surface area (Å²) < 4.78 is 36.1. The van der Waals surface area contributed by atoms with Crippen molar-refractivity contribution in [2.45, 2.75) is 26.4 Å². The fourth-order valence-corrected chi connectivity index (χ4v) is 5.08. The Balaban J connectivity index is 1.68. The number of ether oxygens (including phenoxy) is 1. The summed E-state index contributed by atoms with van der Waals surface area (Å²) >= 11 is 0. The van der Waals surface area contributed by atoms with Crippen LogP contribution in [0.3, 0.4) is 0 Å². The number of rotatable bonds is 3. The smallest absolute Gasteiger partial charge is 0.409 e. The van der Waals surface area contributed by atoms with Crippen LogP contribution in [0.5, 0.6) is 0 Å². The summed E-state index contributed by atoms with van der Waals surface area (Å²) in [5.74, 6) is 0. The molecule has 24 heavy (non-hydrogen) atoms. The Morgan fingerprint density at radius 1 is 1.21 bits per heavy atom. The van der Waals surface area contributed by atoms with Gasteiger partial charge >= 0.3 is 6.09 Å². The monoisotopic (exact) mass is 356 g/mol. The van der Waals surface area contributed by atoms with Crippen molar-refractivity contribution in [1.82, 2.24) is 18.1 Å². The van der Waals surface area contributed by atoms with Crippen molar-refractivity contribution in [2.75, 3.05) is 39.3 Å². The second-order valence-electron chi connectivity index (χ2n) is 6.01. The molecule has 1 amide bonds. The molecule has 0 radical (unpaired) electrons. The number of nitrogens with zero attached hydrogens (tertiary/aromatic N) is 4. The van der Waals surface area contributed by atoms with Gasteiger partial charge in [0.05, 0.1) is 12.6 Å².